The van der Waals surface area contributed by atoms with E-state index in [4.69, 9.17) is 28.3 Å². The van der Waals surface area contributed by atoms with Crippen LogP contribution in [0.25, 0.3) is 11.3 Å². The Morgan fingerprint density at radius 1 is 1.19 bits per heavy atom. The molecule has 1 aromatic heterocycles. The fourth-order valence-corrected chi connectivity index (χ4v) is 5.02. The van der Waals surface area contributed by atoms with Gasteiger partial charge in [-0.3, -0.25) is 4.68 Å². The van der Waals surface area contributed by atoms with E-state index in [-0.39, 0.29) is 11.1 Å². The third-order valence-electron chi connectivity index (χ3n) is 4.39. The molecular formula is C19H16Cl2FN3S. The van der Waals surface area contributed by atoms with Crippen molar-refractivity contribution in [1.29, 1.82) is 0 Å². The van der Waals surface area contributed by atoms with Crippen LogP contribution in [0.5, 0.6) is 0 Å². The molecule has 4 rings (SSSR count). The van der Waals surface area contributed by atoms with Gasteiger partial charge >= 0.3 is 0 Å². The molecule has 0 spiro atoms. The first-order chi connectivity index (χ1) is 12.5. The Bertz CT molecular complexity index is 956. The Hall–Kier alpha value is -1.69. The van der Waals surface area contributed by atoms with Gasteiger partial charge in [0, 0.05) is 40.5 Å². The van der Waals surface area contributed by atoms with Crippen LogP contribution in [0.3, 0.4) is 0 Å². The smallest absolute Gasteiger partial charge is 0.129 e. The molecule has 1 aliphatic heterocycles. The molecular weight excluding hydrogens is 392 g/mol. The van der Waals surface area contributed by atoms with Gasteiger partial charge in [0.15, 0.2) is 0 Å². The molecule has 134 valence electrons. The van der Waals surface area contributed by atoms with Gasteiger partial charge in [-0.2, -0.15) is 5.10 Å². The minimum Gasteiger partial charge on any atom is -0.369 e. The summed E-state index contributed by atoms with van der Waals surface area (Å²) in [6, 6.07) is 12.0. The van der Waals surface area contributed by atoms with Crippen molar-refractivity contribution < 1.29 is 4.39 Å². The van der Waals surface area contributed by atoms with Crippen LogP contribution < -0.4 is 5.32 Å². The van der Waals surface area contributed by atoms with Crippen molar-refractivity contribution in [2.24, 2.45) is 7.05 Å². The van der Waals surface area contributed by atoms with E-state index in [0.29, 0.717) is 10.0 Å². The number of thioether (sulfide) groups is 1. The number of rotatable bonds is 2. The molecule has 3 nitrogen and oxygen atoms in total. The molecule has 0 fully saturated rings. The molecule has 2 heterocycles. The Morgan fingerprint density at radius 2 is 1.96 bits per heavy atom. The minimum absolute atomic E-state index is 0.0125. The van der Waals surface area contributed by atoms with E-state index >= 15 is 0 Å². The van der Waals surface area contributed by atoms with Gasteiger partial charge in [-0.25, -0.2) is 4.39 Å². The number of nitrogens with zero attached hydrogens (tertiary/aromatic N) is 2. The zero-order valence-electron chi connectivity index (χ0n) is 14.0. The lowest BCUT2D eigenvalue weighted by Crippen LogP contribution is -2.06. The van der Waals surface area contributed by atoms with Crippen molar-refractivity contribution in [3.8, 4) is 11.3 Å². The molecule has 0 bridgehead atoms. The van der Waals surface area contributed by atoms with Crippen molar-refractivity contribution in [3.05, 3.63) is 69.5 Å². The predicted octanol–water partition coefficient (Wildman–Crippen LogP) is 5.78. The number of benzene rings is 2. The molecule has 2 aromatic carbocycles. The van der Waals surface area contributed by atoms with E-state index in [0.717, 1.165) is 40.5 Å². The SMILES string of the molecule is Cn1nc(-c2ccc(F)cc2)c2c1NCCSC2c1ccc(Cl)cc1Cl. The van der Waals surface area contributed by atoms with Crippen LogP contribution in [0.4, 0.5) is 10.2 Å². The Kier molecular flexibility index (Phi) is 4.86. The molecule has 0 saturated carbocycles. The second-order valence-corrected chi connectivity index (χ2v) is 8.14. The van der Waals surface area contributed by atoms with Crippen molar-refractivity contribution in [2.75, 3.05) is 17.6 Å². The van der Waals surface area contributed by atoms with E-state index in [9.17, 15) is 4.39 Å². The molecule has 0 saturated heterocycles. The molecule has 1 aliphatic rings. The standard InChI is InChI=1S/C19H16Cl2FN3S/c1-25-19-16(17(24-25)11-2-5-13(22)6-3-11)18(26-9-8-23-19)14-7-4-12(20)10-15(14)21/h2-7,10,18,23H,8-9H2,1H3. The third kappa shape index (κ3) is 3.20. The fraction of sp³-hybridized carbons (Fsp3) is 0.211. The maximum absolute atomic E-state index is 13.4. The lowest BCUT2D eigenvalue weighted by atomic mass is 10.00. The quantitative estimate of drug-likeness (QED) is 0.583. The fourth-order valence-electron chi connectivity index (χ4n) is 3.21. The molecule has 0 radical (unpaired) electrons. The monoisotopic (exact) mass is 407 g/mol. The number of aryl methyl sites for hydroxylation is 1. The summed E-state index contributed by atoms with van der Waals surface area (Å²) in [4.78, 5) is 0. The maximum Gasteiger partial charge on any atom is 0.129 e. The second kappa shape index (κ2) is 7.14. The Labute approximate surface area is 165 Å². The summed E-state index contributed by atoms with van der Waals surface area (Å²) in [5.41, 5.74) is 3.77. The molecule has 26 heavy (non-hydrogen) atoms. The summed E-state index contributed by atoms with van der Waals surface area (Å²) in [6.45, 7) is 0.835. The minimum atomic E-state index is -0.263. The first-order valence-electron chi connectivity index (χ1n) is 8.18. The summed E-state index contributed by atoms with van der Waals surface area (Å²) in [7, 11) is 1.91. The number of hydrogen-bond acceptors (Lipinski definition) is 3. The van der Waals surface area contributed by atoms with Crippen LogP contribution in [-0.4, -0.2) is 22.1 Å². The van der Waals surface area contributed by atoms with E-state index in [1.807, 2.05) is 35.6 Å². The summed E-state index contributed by atoms with van der Waals surface area (Å²) in [6.07, 6.45) is 0. The van der Waals surface area contributed by atoms with Crippen LogP contribution in [0, 0.1) is 5.82 Å². The average molecular weight is 408 g/mol. The summed E-state index contributed by atoms with van der Waals surface area (Å²) in [5, 5.41) is 9.43. The van der Waals surface area contributed by atoms with Crippen molar-refractivity contribution in [2.45, 2.75) is 5.25 Å². The van der Waals surface area contributed by atoms with Crippen LogP contribution in [0.1, 0.15) is 16.4 Å². The van der Waals surface area contributed by atoms with Gasteiger partial charge in [-0.05, 0) is 42.0 Å². The number of aromatic nitrogens is 2. The number of anilines is 1. The number of nitrogens with one attached hydrogen (secondary N) is 1. The lowest BCUT2D eigenvalue weighted by molar-refractivity contribution is 0.628. The largest absolute Gasteiger partial charge is 0.369 e. The van der Waals surface area contributed by atoms with Gasteiger partial charge in [0.1, 0.15) is 11.6 Å². The highest BCUT2D eigenvalue weighted by atomic mass is 35.5. The van der Waals surface area contributed by atoms with E-state index < -0.39 is 0 Å². The molecule has 1 atom stereocenters. The summed E-state index contributed by atoms with van der Waals surface area (Å²) < 4.78 is 15.2. The van der Waals surface area contributed by atoms with Crippen LogP contribution in [0.2, 0.25) is 10.0 Å². The van der Waals surface area contributed by atoms with Crippen LogP contribution >= 0.6 is 35.0 Å². The van der Waals surface area contributed by atoms with Gasteiger partial charge in [-0.1, -0.05) is 29.3 Å². The third-order valence-corrected chi connectivity index (χ3v) is 6.21. The van der Waals surface area contributed by atoms with E-state index in [2.05, 4.69) is 5.32 Å². The van der Waals surface area contributed by atoms with Crippen molar-refractivity contribution in [3.63, 3.8) is 0 Å². The zero-order chi connectivity index (χ0) is 18.3. The van der Waals surface area contributed by atoms with Gasteiger partial charge in [0.05, 0.1) is 10.9 Å². The number of hydrogen-bond donors (Lipinski definition) is 1. The van der Waals surface area contributed by atoms with Gasteiger partial charge < -0.3 is 5.32 Å². The Morgan fingerprint density at radius 3 is 2.69 bits per heavy atom. The number of halogens is 3. The van der Waals surface area contributed by atoms with Crippen LogP contribution in [0.15, 0.2) is 42.5 Å². The zero-order valence-corrected chi connectivity index (χ0v) is 16.3. The Balaban J connectivity index is 1.91. The molecule has 3 aromatic rings. The average Bonchev–Trinajstić information content (AvgIpc) is 2.79. The van der Waals surface area contributed by atoms with Crippen molar-refractivity contribution >= 4 is 40.8 Å². The summed E-state index contributed by atoms with van der Waals surface area (Å²) >= 11 is 14.4. The van der Waals surface area contributed by atoms with E-state index in [1.54, 1.807) is 18.2 Å². The highest BCUT2D eigenvalue weighted by Gasteiger charge is 2.30. The molecule has 1 N–H and O–H groups in total. The van der Waals surface area contributed by atoms with E-state index in [1.165, 1.54) is 12.1 Å². The predicted molar refractivity (Wildman–Crippen MR) is 108 cm³/mol. The second-order valence-electron chi connectivity index (χ2n) is 6.08. The first-order valence-corrected chi connectivity index (χ1v) is 9.98. The summed E-state index contributed by atoms with van der Waals surface area (Å²) in [5.74, 6) is 1.63. The highest BCUT2D eigenvalue weighted by molar-refractivity contribution is 7.99. The first kappa shape index (κ1) is 17.7. The topological polar surface area (TPSA) is 29.9 Å². The normalized spacial score (nSPS) is 16.7. The van der Waals surface area contributed by atoms with Gasteiger partial charge in [-0.15, -0.1) is 11.8 Å². The van der Waals surface area contributed by atoms with Gasteiger partial charge in [0.25, 0.3) is 0 Å². The molecule has 1 unspecified atom stereocenters. The molecule has 0 amide bonds. The molecule has 7 heteroatoms. The molecule has 0 aliphatic carbocycles. The van der Waals surface area contributed by atoms with Gasteiger partial charge in [0.2, 0.25) is 0 Å². The maximum atomic E-state index is 13.4. The highest BCUT2D eigenvalue weighted by Crippen LogP contribution is 2.47. The number of fused-ring (bicyclic) bond motifs is 1. The van der Waals surface area contributed by atoms with Crippen LogP contribution in [-0.2, 0) is 7.05 Å². The van der Waals surface area contributed by atoms with Crippen molar-refractivity contribution in [1.82, 2.24) is 9.78 Å². The lowest BCUT2D eigenvalue weighted by Gasteiger charge is -2.18.